The Balaban J connectivity index is 1.25. The van der Waals surface area contributed by atoms with Crippen LogP contribution >= 0.6 is 0 Å². The highest BCUT2D eigenvalue weighted by Crippen LogP contribution is 2.58. The molecule has 4 saturated carbocycles. The minimum atomic E-state index is -0.947. The summed E-state index contributed by atoms with van der Waals surface area (Å²) in [7, 11) is 0. The Bertz CT molecular complexity index is 1070. The first-order valence-corrected chi connectivity index (χ1v) is 15.4. The average Bonchev–Trinajstić information content (AvgIpc) is 2.92. The number of ether oxygens (including phenoxy) is 1. The van der Waals surface area contributed by atoms with Gasteiger partial charge in [0.05, 0.1) is 12.2 Å². The van der Waals surface area contributed by atoms with Crippen LogP contribution in [-0.4, -0.2) is 29.1 Å². The lowest BCUT2D eigenvalue weighted by Crippen LogP contribution is -2.62. The van der Waals surface area contributed by atoms with Crippen LogP contribution in [-0.2, 0) is 0 Å². The van der Waals surface area contributed by atoms with E-state index in [9.17, 15) is 14.7 Å². The number of carboxylic acid groups (broad SMARTS) is 1. The Labute approximate surface area is 233 Å². The predicted octanol–water partition coefficient (Wildman–Crippen LogP) is 8.52. The number of anilines is 1. The summed E-state index contributed by atoms with van der Waals surface area (Å²) in [4.78, 5) is 27.7. The maximum atomic E-state index is 14.2. The van der Waals surface area contributed by atoms with Gasteiger partial charge in [0.1, 0.15) is 5.75 Å². The summed E-state index contributed by atoms with van der Waals surface area (Å²) in [6.07, 6.45) is 17.2. The summed E-state index contributed by atoms with van der Waals surface area (Å²) in [5.41, 5.74) is 1.53. The first-order chi connectivity index (χ1) is 19.0. The molecule has 0 atom stereocenters. The zero-order valence-electron chi connectivity index (χ0n) is 23.6. The SMILES string of the molecule is CCCCCCCCCCOc1ccc(C(=O)N(c2ccc(C(=O)O)cc2)C23CC4CC(CC(C4)C2)C3)cc1. The molecule has 5 nitrogen and oxygen atoms in total. The van der Waals surface area contributed by atoms with E-state index >= 15 is 0 Å². The lowest BCUT2D eigenvalue weighted by atomic mass is 9.52. The maximum absolute atomic E-state index is 14.2. The molecule has 0 unspecified atom stereocenters. The van der Waals surface area contributed by atoms with Crippen molar-refractivity contribution in [2.45, 2.75) is 102 Å². The molecule has 39 heavy (non-hydrogen) atoms. The van der Waals surface area contributed by atoms with Gasteiger partial charge in [-0.25, -0.2) is 4.79 Å². The van der Waals surface area contributed by atoms with Crippen LogP contribution in [0.2, 0.25) is 0 Å². The summed E-state index contributed by atoms with van der Waals surface area (Å²) >= 11 is 0. The highest BCUT2D eigenvalue weighted by atomic mass is 16.5. The molecule has 4 bridgehead atoms. The summed E-state index contributed by atoms with van der Waals surface area (Å²) in [6, 6.07) is 14.5. The molecule has 0 saturated heterocycles. The molecule has 0 aliphatic heterocycles. The number of rotatable bonds is 14. The summed E-state index contributed by atoms with van der Waals surface area (Å²) in [5, 5.41) is 9.41. The van der Waals surface area contributed by atoms with E-state index in [1.807, 2.05) is 41.3 Å². The van der Waals surface area contributed by atoms with E-state index in [-0.39, 0.29) is 17.0 Å². The molecule has 210 valence electrons. The number of carbonyl (C=O) groups is 2. The third kappa shape index (κ3) is 6.50. The van der Waals surface area contributed by atoms with E-state index in [1.165, 1.54) is 64.2 Å². The van der Waals surface area contributed by atoms with Crippen molar-refractivity contribution in [3.63, 3.8) is 0 Å². The Morgan fingerprint density at radius 2 is 1.28 bits per heavy atom. The number of amides is 1. The molecule has 1 N–H and O–H groups in total. The van der Waals surface area contributed by atoms with Crippen molar-refractivity contribution < 1.29 is 19.4 Å². The molecule has 0 aromatic heterocycles. The van der Waals surface area contributed by atoms with Crippen LogP contribution in [0.4, 0.5) is 5.69 Å². The van der Waals surface area contributed by atoms with E-state index in [0.717, 1.165) is 37.1 Å². The highest BCUT2D eigenvalue weighted by molar-refractivity contribution is 6.07. The molecule has 2 aromatic carbocycles. The van der Waals surface area contributed by atoms with Crippen LogP contribution in [0.3, 0.4) is 0 Å². The fourth-order valence-electron chi connectivity index (χ4n) is 7.95. The standard InChI is InChI=1S/C34H45NO4/c1-2-3-4-5-6-7-8-9-18-39-31-16-12-28(13-17-31)32(36)35(30-14-10-29(11-15-30)33(37)38)34-22-25-19-26(23-34)21-27(20-25)24-34/h10-17,25-27H,2-9,18-24H2,1H3,(H,37,38). The minimum Gasteiger partial charge on any atom is -0.494 e. The average molecular weight is 532 g/mol. The minimum absolute atomic E-state index is 0.00893. The summed E-state index contributed by atoms with van der Waals surface area (Å²) in [6.45, 7) is 2.96. The lowest BCUT2D eigenvalue weighted by molar-refractivity contribution is -0.00314. The number of hydrogen-bond acceptors (Lipinski definition) is 3. The van der Waals surface area contributed by atoms with Gasteiger partial charge in [-0.3, -0.25) is 4.79 Å². The van der Waals surface area contributed by atoms with Gasteiger partial charge in [0.25, 0.3) is 5.91 Å². The molecule has 5 heteroatoms. The first kappa shape index (κ1) is 27.7. The fourth-order valence-corrected chi connectivity index (χ4v) is 7.95. The Hall–Kier alpha value is -2.82. The molecule has 0 radical (unpaired) electrons. The number of unbranched alkanes of at least 4 members (excludes halogenated alkanes) is 7. The van der Waals surface area contributed by atoms with E-state index in [0.29, 0.717) is 29.9 Å². The van der Waals surface area contributed by atoms with Gasteiger partial charge in [0.15, 0.2) is 0 Å². The topological polar surface area (TPSA) is 66.8 Å². The molecule has 6 rings (SSSR count). The van der Waals surface area contributed by atoms with Gasteiger partial charge < -0.3 is 14.7 Å². The van der Waals surface area contributed by atoms with Crippen LogP contribution in [0.15, 0.2) is 48.5 Å². The van der Waals surface area contributed by atoms with E-state index in [4.69, 9.17) is 4.74 Å². The Morgan fingerprint density at radius 3 is 1.82 bits per heavy atom. The van der Waals surface area contributed by atoms with Gasteiger partial charge in [-0.15, -0.1) is 0 Å². The van der Waals surface area contributed by atoms with E-state index in [1.54, 1.807) is 12.1 Å². The molecular weight excluding hydrogens is 486 g/mol. The molecule has 2 aromatic rings. The molecule has 0 heterocycles. The monoisotopic (exact) mass is 531 g/mol. The second-order valence-corrected chi connectivity index (χ2v) is 12.5. The third-order valence-corrected chi connectivity index (χ3v) is 9.42. The summed E-state index contributed by atoms with van der Waals surface area (Å²) < 4.78 is 5.99. The van der Waals surface area contributed by atoms with Gasteiger partial charge in [0, 0.05) is 16.8 Å². The number of carbonyl (C=O) groups excluding carboxylic acids is 1. The Morgan fingerprint density at radius 1 is 0.769 bits per heavy atom. The van der Waals surface area contributed by atoms with Crippen molar-refractivity contribution in [2.24, 2.45) is 17.8 Å². The molecule has 4 fully saturated rings. The zero-order valence-corrected chi connectivity index (χ0v) is 23.6. The first-order valence-electron chi connectivity index (χ1n) is 15.4. The number of aromatic carboxylic acids is 1. The van der Waals surface area contributed by atoms with Gasteiger partial charge in [0.2, 0.25) is 0 Å². The summed E-state index contributed by atoms with van der Waals surface area (Å²) in [5.74, 6) is 1.94. The molecule has 4 aliphatic rings. The van der Waals surface area contributed by atoms with Gasteiger partial charge in [-0.2, -0.15) is 0 Å². The van der Waals surface area contributed by atoms with Crippen molar-refractivity contribution in [1.82, 2.24) is 0 Å². The van der Waals surface area contributed by atoms with Crippen LogP contribution in [0.5, 0.6) is 5.75 Å². The second kappa shape index (κ2) is 12.6. The zero-order chi connectivity index (χ0) is 27.2. The van der Waals surface area contributed by atoms with Crippen molar-refractivity contribution in [1.29, 1.82) is 0 Å². The van der Waals surface area contributed by atoms with Crippen molar-refractivity contribution in [3.8, 4) is 5.75 Å². The van der Waals surface area contributed by atoms with Crippen molar-refractivity contribution in [2.75, 3.05) is 11.5 Å². The quantitative estimate of drug-likeness (QED) is 0.248. The number of carboxylic acids is 1. The maximum Gasteiger partial charge on any atom is 0.335 e. The van der Waals surface area contributed by atoms with Crippen LogP contribution in [0.25, 0.3) is 0 Å². The number of benzene rings is 2. The van der Waals surface area contributed by atoms with Crippen LogP contribution in [0.1, 0.15) is 118 Å². The van der Waals surface area contributed by atoms with Crippen LogP contribution in [0, 0.1) is 17.8 Å². The molecule has 0 spiro atoms. The van der Waals surface area contributed by atoms with E-state index < -0.39 is 5.97 Å². The molecule has 1 amide bonds. The van der Waals surface area contributed by atoms with Crippen molar-refractivity contribution in [3.05, 3.63) is 59.7 Å². The number of nitrogens with zero attached hydrogens (tertiary/aromatic N) is 1. The van der Waals surface area contributed by atoms with E-state index in [2.05, 4.69) is 6.92 Å². The highest BCUT2D eigenvalue weighted by Gasteiger charge is 2.55. The molecule has 4 aliphatic carbocycles. The third-order valence-electron chi connectivity index (χ3n) is 9.42. The molecular formula is C34H45NO4. The normalized spacial score (nSPS) is 25.0. The largest absolute Gasteiger partial charge is 0.494 e. The predicted molar refractivity (Wildman–Crippen MR) is 156 cm³/mol. The lowest BCUT2D eigenvalue weighted by Gasteiger charge is -2.60. The van der Waals surface area contributed by atoms with Gasteiger partial charge >= 0.3 is 5.97 Å². The van der Waals surface area contributed by atoms with Gasteiger partial charge in [-0.05, 0) is 111 Å². The second-order valence-electron chi connectivity index (χ2n) is 12.5. The number of hydrogen-bond donors (Lipinski definition) is 1. The smallest absolute Gasteiger partial charge is 0.335 e. The fraction of sp³-hybridized carbons (Fsp3) is 0.588. The Kier molecular flexibility index (Phi) is 8.94. The van der Waals surface area contributed by atoms with Crippen molar-refractivity contribution >= 4 is 17.6 Å². The van der Waals surface area contributed by atoms with Crippen LogP contribution < -0.4 is 9.64 Å². The van der Waals surface area contributed by atoms with Gasteiger partial charge in [-0.1, -0.05) is 51.9 Å².